The Morgan fingerprint density at radius 2 is 2.19 bits per heavy atom. The minimum Gasteiger partial charge on any atom is -0.497 e. The van der Waals surface area contributed by atoms with Crippen molar-refractivity contribution in [3.05, 3.63) is 29.3 Å². The fourth-order valence-corrected chi connectivity index (χ4v) is 3.20. The monoisotopic (exact) mass is 298 g/mol. The minimum atomic E-state index is -2.30. The van der Waals surface area contributed by atoms with Crippen LogP contribution in [-0.2, 0) is 6.42 Å². The van der Waals surface area contributed by atoms with Gasteiger partial charge < -0.3 is 10.1 Å². The molecule has 0 aromatic heterocycles. The minimum absolute atomic E-state index is 0.0911. The molecule has 0 spiro atoms. The number of hydrogen-bond acceptors (Lipinski definition) is 3. The van der Waals surface area contributed by atoms with E-state index in [0.29, 0.717) is 0 Å². The zero-order chi connectivity index (χ0) is 15.4. The zero-order valence-electron chi connectivity index (χ0n) is 12.9. The highest BCUT2D eigenvalue weighted by Crippen LogP contribution is 2.34. The SMILES string of the molecule is CCNC1c2ccc(OC)cc2CCC1N(C)CC(F)F. The number of ether oxygens (including phenoxy) is 1. The third-order valence-corrected chi connectivity index (χ3v) is 4.20. The summed E-state index contributed by atoms with van der Waals surface area (Å²) >= 11 is 0. The Kier molecular flexibility index (Phi) is 5.53. The third-order valence-electron chi connectivity index (χ3n) is 4.20. The normalized spacial score (nSPS) is 21.7. The molecule has 3 nitrogen and oxygen atoms in total. The highest BCUT2D eigenvalue weighted by molar-refractivity contribution is 5.40. The first kappa shape index (κ1) is 16.2. The quantitative estimate of drug-likeness (QED) is 0.874. The van der Waals surface area contributed by atoms with Crippen molar-refractivity contribution in [3.63, 3.8) is 0 Å². The van der Waals surface area contributed by atoms with E-state index in [1.54, 1.807) is 19.1 Å². The summed E-state index contributed by atoms with van der Waals surface area (Å²) in [5.41, 5.74) is 2.46. The zero-order valence-corrected chi connectivity index (χ0v) is 12.9. The molecule has 0 radical (unpaired) electrons. The molecule has 21 heavy (non-hydrogen) atoms. The first-order valence-corrected chi connectivity index (χ1v) is 7.45. The molecule has 2 unspecified atom stereocenters. The average molecular weight is 298 g/mol. The molecule has 2 rings (SSSR count). The van der Waals surface area contributed by atoms with Gasteiger partial charge in [-0.15, -0.1) is 0 Å². The summed E-state index contributed by atoms with van der Waals surface area (Å²) < 4.78 is 30.6. The molecule has 0 fully saturated rings. The number of aryl methyl sites for hydroxylation is 1. The van der Waals surface area contributed by atoms with Crippen LogP contribution in [0, 0.1) is 0 Å². The van der Waals surface area contributed by atoms with Gasteiger partial charge in [-0.2, -0.15) is 0 Å². The van der Waals surface area contributed by atoms with Gasteiger partial charge in [0.1, 0.15) is 5.75 Å². The topological polar surface area (TPSA) is 24.5 Å². The largest absolute Gasteiger partial charge is 0.497 e. The lowest BCUT2D eigenvalue weighted by atomic mass is 9.83. The van der Waals surface area contributed by atoms with Crippen LogP contribution in [0.1, 0.15) is 30.5 Å². The molecule has 0 bridgehead atoms. The molecule has 0 saturated heterocycles. The lowest BCUT2D eigenvalue weighted by molar-refractivity contribution is 0.0652. The fourth-order valence-electron chi connectivity index (χ4n) is 3.20. The Hall–Kier alpha value is -1.20. The maximum Gasteiger partial charge on any atom is 0.251 e. The van der Waals surface area contributed by atoms with Crippen molar-refractivity contribution < 1.29 is 13.5 Å². The van der Waals surface area contributed by atoms with Gasteiger partial charge in [0, 0.05) is 12.1 Å². The van der Waals surface area contributed by atoms with E-state index in [0.717, 1.165) is 25.1 Å². The van der Waals surface area contributed by atoms with E-state index in [4.69, 9.17) is 4.74 Å². The second-order valence-electron chi connectivity index (χ2n) is 5.54. The Bertz CT molecular complexity index is 468. The molecule has 1 aromatic rings. The predicted octanol–water partition coefficient (Wildman–Crippen LogP) is 2.86. The Labute approximate surface area is 125 Å². The number of hydrogen-bond donors (Lipinski definition) is 1. The van der Waals surface area contributed by atoms with Crippen LogP contribution in [0.5, 0.6) is 5.75 Å². The van der Waals surface area contributed by atoms with Crippen molar-refractivity contribution in [2.24, 2.45) is 0 Å². The summed E-state index contributed by atoms with van der Waals surface area (Å²) in [6.07, 6.45) is -0.525. The Balaban J connectivity index is 2.25. The number of methoxy groups -OCH3 is 1. The predicted molar refractivity (Wildman–Crippen MR) is 80.2 cm³/mol. The Morgan fingerprint density at radius 1 is 1.43 bits per heavy atom. The van der Waals surface area contributed by atoms with Crippen molar-refractivity contribution in [1.82, 2.24) is 10.2 Å². The molecule has 0 saturated carbocycles. The van der Waals surface area contributed by atoms with Gasteiger partial charge in [-0.25, -0.2) is 8.78 Å². The first-order valence-electron chi connectivity index (χ1n) is 7.45. The van der Waals surface area contributed by atoms with E-state index in [9.17, 15) is 8.78 Å². The smallest absolute Gasteiger partial charge is 0.251 e. The van der Waals surface area contributed by atoms with Gasteiger partial charge >= 0.3 is 0 Å². The number of rotatable bonds is 6. The van der Waals surface area contributed by atoms with Gasteiger partial charge in [0.15, 0.2) is 0 Å². The van der Waals surface area contributed by atoms with Gasteiger partial charge in [-0.3, -0.25) is 4.90 Å². The van der Waals surface area contributed by atoms with Crippen LogP contribution in [0.4, 0.5) is 8.78 Å². The number of nitrogens with zero attached hydrogens (tertiary/aromatic N) is 1. The third kappa shape index (κ3) is 3.71. The van der Waals surface area contributed by atoms with Gasteiger partial charge in [-0.1, -0.05) is 13.0 Å². The molecular weight excluding hydrogens is 274 g/mol. The van der Waals surface area contributed by atoms with Crippen LogP contribution in [-0.4, -0.2) is 44.6 Å². The number of benzene rings is 1. The van der Waals surface area contributed by atoms with Gasteiger partial charge in [0.05, 0.1) is 13.7 Å². The van der Waals surface area contributed by atoms with Crippen LogP contribution in [0.25, 0.3) is 0 Å². The van der Waals surface area contributed by atoms with Crippen molar-refractivity contribution >= 4 is 0 Å². The molecule has 1 aliphatic rings. The van der Waals surface area contributed by atoms with E-state index in [-0.39, 0.29) is 18.6 Å². The van der Waals surface area contributed by atoms with Crippen LogP contribution in [0.3, 0.4) is 0 Å². The van der Waals surface area contributed by atoms with Gasteiger partial charge in [-0.05, 0) is 49.7 Å². The summed E-state index contributed by atoms with van der Waals surface area (Å²) in [4.78, 5) is 1.78. The molecule has 0 aliphatic heterocycles. The lowest BCUT2D eigenvalue weighted by Crippen LogP contribution is -2.47. The van der Waals surface area contributed by atoms with Gasteiger partial charge in [0.2, 0.25) is 0 Å². The van der Waals surface area contributed by atoms with E-state index >= 15 is 0 Å². The maximum atomic E-state index is 12.7. The molecule has 2 atom stereocenters. The highest BCUT2D eigenvalue weighted by Gasteiger charge is 2.32. The highest BCUT2D eigenvalue weighted by atomic mass is 19.3. The number of alkyl halides is 2. The van der Waals surface area contributed by atoms with E-state index in [1.807, 2.05) is 13.0 Å². The summed E-state index contributed by atoms with van der Waals surface area (Å²) in [5, 5.41) is 3.45. The fraction of sp³-hybridized carbons (Fsp3) is 0.625. The second-order valence-corrected chi connectivity index (χ2v) is 5.54. The molecule has 5 heteroatoms. The Morgan fingerprint density at radius 3 is 2.81 bits per heavy atom. The van der Waals surface area contributed by atoms with Crippen molar-refractivity contribution in [2.45, 2.75) is 38.3 Å². The number of halogens is 2. The van der Waals surface area contributed by atoms with Crippen molar-refractivity contribution in [2.75, 3.05) is 27.2 Å². The van der Waals surface area contributed by atoms with Crippen molar-refractivity contribution in [1.29, 1.82) is 0 Å². The summed E-state index contributed by atoms with van der Waals surface area (Å²) in [7, 11) is 3.45. The molecule has 118 valence electrons. The van der Waals surface area contributed by atoms with Crippen LogP contribution >= 0.6 is 0 Å². The summed E-state index contributed by atoms with van der Waals surface area (Å²) in [6.45, 7) is 2.68. The van der Waals surface area contributed by atoms with E-state index < -0.39 is 6.43 Å². The first-order chi connectivity index (χ1) is 10.1. The standard InChI is InChI=1S/C16H24F2N2O/c1-4-19-16-13-7-6-12(21-3)9-11(13)5-8-14(16)20(2)10-15(17)18/h6-7,9,14-16,19H,4-5,8,10H2,1-3H3. The maximum absolute atomic E-state index is 12.7. The van der Waals surface area contributed by atoms with Crippen LogP contribution in [0.15, 0.2) is 18.2 Å². The molecule has 1 aliphatic carbocycles. The summed E-state index contributed by atoms with van der Waals surface area (Å²) in [5.74, 6) is 0.850. The second kappa shape index (κ2) is 7.18. The lowest BCUT2D eigenvalue weighted by Gasteiger charge is -2.39. The van der Waals surface area contributed by atoms with Crippen molar-refractivity contribution in [3.8, 4) is 5.75 Å². The summed E-state index contributed by atoms with van der Waals surface area (Å²) in [6, 6.07) is 6.25. The van der Waals surface area contributed by atoms with E-state index in [1.165, 1.54) is 11.1 Å². The van der Waals surface area contributed by atoms with Crippen LogP contribution in [0.2, 0.25) is 0 Å². The number of fused-ring (bicyclic) bond motifs is 1. The molecule has 1 aromatic carbocycles. The average Bonchev–Trinajstić information content (AvgIpc) is 2.46. The van der Waals surface area contributed by atoms with E-state index in [2.05, 4.69) is 17.4 Å². The molecular formula is C16H24F2N2O. The number of likely N-dealkylation sites (N-methyl/N-ethyl adjacent to an activating group) is 2. The van der Waals surface area contributed by atoms with Gasteiger partial charge in [0.25, 0.3) is 6.43 Å². The molecule has 1 N–H and O–H groups in total. The number of nitrogens with one attached hydrogen (secondary N) is 1. The van der Waals surface area contributed by atoms with Crippen LogP contribution < -0.4 is 10.1 Å². The molecule has 0 amide bonds. The molecule has 0 heterocycles.